The molecule has 0 amide bonds. The number of hydrogen-bond acceptors (Lipinski definition) is 5. The minimum atomic E-state index is -0.506. The van der Waals surface area contributed by atoms with E-state index in [4.69, 9.17) is 4.74 Å². The van der Waals surface area contributed by atoms with Crippen LogP contribution in [0.1, 0.15) is 33.1 Å². The molecule has 2 aliphatic rings. The number of rotatable bonds is 7. The summed E-state index contributed by atoms with van der Waals surface area (Å²) >= 11 is 0. The Hall–Kier alpha value is -0.650. The highest BCUT2D eigenvalue weighted by atomic mass is 16.5. The Morgan fingerprint density at radius 2 is 2.15 bits per heavy atom. The summed E-state index contributed by atoms with van der Waals surface area (Å²) in [6.45, 7) is 7.10. The van der Waals surface area contributed by atoms with Crippen molar-refractivity contribution < 1.29 is 9.53 Å². The first kappa shape index (κ1) is 15.7. The Labute approximate surface area is 122 Å². The average Bonchev–Trinajstić information content (AvgIpc) is 3.14. The van der Waals surface area contributed by atoms with Crippen molar-refractivity contribution in [3.63, 3.8) is 0 Å². The first-order chi connectivity index (χ1) is 9.48. The van der Waals surface area contributed by atoms with E-state index < -0.39 is 5.54 Å². The first-order valence-corrected chi connectivity index (χ1v) is 7.81. The van der Waals surface area contributed by atoms with Crippen LogP contribution in [0.25, 0.3) is 0 Å². The zero-order chi connectivity index (χ0) is 14.8. The van der Waals surface area contributed by atoms with E-state index >= 15 is 0 Å². The summed E-state index contributed by atoms with van der Waals surface area (Å²) in [5.74, 6) is -0.0752. The molecule has 1 aliphatic heterocycles. The Bertz CT molecular complexity index is 344. The molecule has 2 unspecified atom stereocenters. The molecule has 2 rings (SSSR count). The molecule has 1 aliphatic carbocycles. The lowest BCUT2D eigenvalue weighted by Gasteiger charge is -2.29. The Morgan fingerprint density at radius 3 is 2.70 bits per heavy atom. The summed E-state index contributed by atoms with van der Waals surface area (Å²) in [6, 6.07) is 1.15. The molecule has 1 saturated heterocycles. The lowest BCUT2D eigenvalue weighted by atomic mass is 9.96. The van der Waals surface area contributed by atoms with Gasteiger partial charge in [0.2, 0.25) is 0 Å². The van der Waals surface area contributed by atoms with Gasteiger partial charge in [-0.3, -0.25) is 10.2 Å². The highest BCUT2D eigenvalue weighted by molar-refractivity contribution is 5.82. The van der Waals surface area contributed by atoms with Crippen LogP contribution in [-0.4, -0.2) is 73.7 Å². The van der Waals surface area contributed by atoms with Crippen molar-refractivity contribution in [3.05, 3.63) is 0 Å². The molecule has 1 N–H and O–H groups in total. The van der Waals surface area contributed by atoms with Gasteiger partial charge >= 0.3 is 5.97 Å². The third-order valence-corrected chi connectivity index (χ3v) is 4.37. The maximum Gasteiger partial charge on any atom is 0.327 e. The smallest absolute Gasteiger partial charge is 0.327 e. The van der Waals surface area contributed by atoms with Crippen molar-refractivity contribution in [2.45, 2.75) is 50.7 Å². The van der Waals surface area contributed by atoms with Gasteiger partial charge in [0, 0.05) is 31.7 Å². The van der Waals surface area contributed by atoms with E-state index in [1.54, 1.807) is 0 Å². The summed E-state index contributed by atoms with van der Waals surface area (Å²) in [4.78, 5) is 17.1. The number of nitrogens with zero attached hydrogens (tertiary/aromatic N) is 2. The minimum Gasteiger partial charge on any atom is -0.465 e. The molecule has 1 heterocycles. The third kappa shape index (κ3) is 3.51. The van der Waals surface area contributed by atoms with Gasteiger partial charge in [-0.1, -0.05) is 0 Å². The van der Waals surface area contributed by atoms with Crippen LogP contribution < -0.4 is 5.32 Å². The zero-order valence-electron chi connectivity index (χ0n) is 13.3. The first-order valence-electron chi connectivity index (χ1n) is 7.81. The average molecular weight is 283 g/mol. The van der Waals surface area contributed by atoms with Gasteiger partial charge in [-0.25, -0.2) is 4.79 Å². The van der Waals surface area contributed by atoms with Gasteiger partial charge in [-0.05, 0) is 47.2 Å². The summed E-state index contributed by atoms with van der Waals surface area (Å²) in [5, 5.41) is 3.50. The minimum absolute atomic E-state index is 0.0752. The fraction of sp³-hybridized carbons (Fsp3) is 0.933. The predicted molar refractivity (Wildman–Crippen MR) is 79.7 cm³/mol. The van der Waals surface area contributed by atoms with Crippen LogP contribution in [-0.2, 0) is 9.53 Å². The van der Waals surface area contributed by atoms with Crippen LogP contribution in [0.5, 0.6) is 0 Å². The van der Waals surface area contributed by atoms with E-state index in [2.05, 4.69) is 22.0 Å². The maximum absolute atomic E-state index is 12.5. The van der Waals surface area contributed by atoms with Crippen molar-refractivity contribution in [3.8, 4) is 0 Å². The zero-order valence-corrected chi connectivity index (χ0v) is 13.3. The molecule has 2 fully saturated rings. The summed E-state index contributed by atoms with van der Waals surface area (Å²) < 4.78 is 5.34. The van der Waals surface area contributed by atoms with Gasteiger partial charge in [0.1, 0.15) is 5.54 Å². The Balaban J connectivity index is 2.02. The second kappa shape index (κ2) is 6.41. The van der Waals surface area contributed by atoms with Gasteiger partial charge in [0.25, 0.3) is 0 Å². The summed E-state index contributed by atoms with van der Waals surface area (Å²) in [5.41, 5.74) is -0.506. The quantitative estimate of drug-likeness (QED) is 0.697. The molecule has 0 spiro atoms. The molecule has 116 valence electrons. The maximum atomic E-state index is 12.5. The van der Waals surface area contributed by atoms with Crippen LogP contribution in [0.4, 0.5) is 0 Å². The summed E-state index contributed by atoms with van der Waals surface area (Å²) in [6.07, 6.45) is 3.41. The topological polar surface area (TPSA) is 44.8 Å². The van der Waals surface area contributed by atoms with Crippen LogP contribution >= 0.6 is 0 Å². The number of carbonyl (C=O) groups excluding carboxylic acids is 1. The van der Waals surface area contributed by atoms with Crippen molar-refractivity contribution in [2.75, 3.05) is 40.3 Å². The Kier molecular flexibility index (Phi) is 5.04. The van der Waals surface area contributed by atoms with Gasteiger partial charge < -0.3 is 9.64 Å². The highest BCUT2D eigenvalue weighted by Gasteiger charge is 2.51. The van der Waals surface area contributed by atoms with Crippen LogP contribution in [0.3, 0.4) is 0 Å². The van der Waals surface area contributed by atoms with Crippen molar-refractivity contribution in [1.29, 1.82) is 0 Å². The number of hydrogen-bond donors (Lipinski definition) is 1. The fourth-order valence-electron chi connectivity index (χ4n) is 3.18. The molecule has 2 atom stereocenters. The van der Waals surface area contributed by atoms with Crippen LogP contribution in [0.2, 0.25) is 0 Å². The van der Waals surface area contributed by atoms with E-state index in [1.165, 1.54) is 12.8 Å². The predicted octanol–water partition coefficient (Wildman–Crippen LogP) is 0.696. The van der Waals surface area contributed by atoms with Crippen molar-refractivity contribution >= 4 is 5.97 Å². The molecular formula is C15H29N3O2. The fourth-order valence-corrected chi connectivity index (χ4v) is 3.18. The van der Waals surface area contributed by atoms with Crippen LogP contribution in [0.15, 0.2) is 0 Å². The van der Waals surface area contributed by atoms with E-state index in [0.717, 1.165) is 26.1 Å². The monoisotopic (exact) mass is 283 g/mol. The molecule has 5 heteroatoms. The molecule has 0 radical (unpaired) electrons. The highest BCUT2D eigenvalue weighted by Crippen LogP contribution is 2.37. The number of nitrogens with one attached hydrogen (secondary N) is 1. The molecule has 0 aromatic rings. The molecule has 5 nitrogen and oxygen atoms in total. The number of ether oxygens (including phenoxy) is 1. The lowest BCUT2D eigenvalue weighted by molar-refractivity contribution is -0.150. The molecule has 1 saturated carbocycles. The van der Waals surface area contributed by atoms with Crippen LogP contribution in [0, 0.1) is 0 Å². The van der Waals surface area contributed by atoms with Crippen molar-refractivity contribution in [1.82, 2.24) is 15.1 Å². The standard InChI is InChI=1S/C15H29N3O2/c1-5-20-14(19)15(16-8-9-17(3)4)10-12(2)18(11-15)13-6-7-13/h12-13,16H,5-11H2,1-4H3. The van der Waals surface area contributed by atoms with E-state index in [9.17, 15) is 4.79 Å². The number of esters is 1. The number of carbonyl (C=O) groups is 1. The van der Waals surface area contributed by atoms with E-state index in [1.807, 2.05) is 21.0 Å². The largest absolute Gasteiger partial charge is 0.465 e. The normalized spacial score (nSPS) is 30.9. The number of likely N-dealkylation sites (tertiary alicyclic amines) is 1. The van der Waals surface area contributed by atoms with E-state index in [-0.39, 0.29) is 5.97 Å². The van der Waals surface area contributed by atoms with Gasteiger partial charge in [0.05, 0.1) is 6.61 Å². The van der Waals surface area contributed by atoms with Gasteiger partial charge in [-0.15, -0.1) is 0 Å². The van der Waals surface area contributed by atoms with Gasteiger partial charge in [-0.2, -0.15) is 0 Å². The van der Waals surface area contributed by atoms with E-state index in [0.29, 0.717) is 18.7 Å². The molecule has 20 heavy (non-hydrogen) atoms. The van der Waals surface area contributed by atoms with Gasteiger partial charge in [0.15, 0.2) is 0 Å². The Morgan fingerprint density at radius 1 is 1.45 bits per heavy atom. The third-order valence-electron chi connectivity index (χ3n) is 4.37. The molecule has 0 aromatic carbocycles. The SMILES string of the molecule is CCOC(=O)C1(NCCN(C)C)CC(C)N(C2CC2)C1. The molecule has 0 aromatic heterocycles. The molecular weight excluding hydrogens is 254 g/mol. The lowest BCUT2D eigenvalue weighted by Crippen LogP contribution is -2.56. The number of likely N-dealkylation sites (N-methyl/N-ethyl adjacent to an activating group) is 1. The molecule has 0 bridgehead atoms. The second-order valence-corrected chi connectivity index (χ2v) is 6.49. The van der Waals surface area contributed by atoms with Crippen molar-refractivity contribution in [2.24, 2.45) is 0 Å². The summed E-state index contributed by atoms with van der Waals surface area (Å²) in [7, 11) is 4.10. The second-order valence-electron chi connectivity index (χ2n) is 6.49.